The molecule has 0 saturated carbocycles. The van der Waals surface area contributed by atoms with Gasteiger partial charge in [0, 0.05) is 24.6 Å². The predicted molar refractivity (Wildman–Crippen MR) is 117 cm³/mol. The summed E-state index contributed by atoms with van der Waals surface area (Å²) in [6.45, 7) is 4.56. The summed E-state index contributed by atoms with van der Waals surface area (Å²) < 4.78 is 25.3. The highest BCUT2D eigenvalue weighted by Crippen LogP contribution is 2.12. The summed E-state index contributed by atoms with van der Waals surface area (Å²) >= 11 is 1.74. The van der Waals surface area contributed by atoms with Crippen molar-refractivity contribution in [3.63, 3.8) is 0 Å². The van der Waals surface area contributed by atoms with Crippen LogP contribution in [0.3, 0.4) is 0 Å². The van der Waals surface area contributed by atoms with Crippen LogP contribution in [0.4, 0.5) is 0 Å². The first-order chi connectivity index (χ1) is 13.2. The van der Waals surface area contributed by atoms with E-state index in [0.717, 1.165) is 28.9 Å². The molecule has 28 heavy (non-hydrogen) atoms. The maximum absolute atomic E-state index is 12.2. The quantitative estimate of drug-likeness (QED) is 0.600. The van der Waals surface area contributed by atoms with Gasteiger partial charge in [-0.1, -0.05) is 59.7 Å². The van der Waals surface area contributed by atoms with Crippen LogP contribution in [0.15, 0.2) is 48.5 Å². The second-order valence-electron chi connectivity index (χ2n) is 6.90. The molecule has 0 aliphatic heterocycles. The Balaban J connectivity index is 1.76. The first-order valence-electron chi connectivity index (χ1n) is 9.15. The number of hydrogen-bond donors (Lipinski definition) is 1. The molecule has 7 heteroatoms. The van der Waals surface area contributed by atoms with Gasteiger partial charge in [0.15, 0.2) is 0 Å². The second-order valence-corrected chi connectivity index (χ2v) is 9.99. The van der Waals surface area contributed by atoms with Crippen LogP contribution in [0.25, 0.3) is 0 Å². The Kier molecular flexibility index (Phi) is 8.54. The van der Waals surface area contributed by atoms with Crippen molar-refractivity contribution in [3.05, 3.63) is 70.8 Å². The molecule has 0 fully saturated rings. The minimum Gasteiger partial charge on any atom is -0.354 e. The van der Waals surface area contributed by atoms with Gasteiger partial charge in [-0.25, -0.2) is 8.42 Å². The number of hydrogen-bond acceptors (Lipinski definition) is 4. The molecule has 2 rings (SSSR count). The third-order valence-electron chi connectivity index (χ3n) is 4.23. The van der Waals surface area contributed by atoms with E-state index in [2.05, 4.69) is 36.5 Å². The van der Waals surface area contributed by atoms with Crippen molar-refractivity contribution in [1.82, 2.24) is 9.62 Å². The van der Waals surface area contributed by atoms with Gasteiger partial charge in [-0.15, -0.1) is 0 Å². The Morgan fingerprint density at radius 1 is 0.964 bits per heavy atom. The van der Waals surface area contributed by atoms with Crippen LogP contribution in [0.5, 0.6) is 0 Å². The summed E-state index contributed by atoms with van der Waals surface area (Å²) in [5.74, 6) is 1.38. The number of rotatable bonds is 10. The van der Waals surface area contributed by atoms with Gasteiger partial charge in [0.25, 0.3) is 0 Å². The van der Waals surface area contributed by atoms with Crippen LogP contribution in [-0.4, -0.2) is 43.7 Å². The van der Waals surface area contributed by atoms with Gasteiger partial charge in [0.2, 0.25) is 15.9 Å². The molecular weight excluding hydrogens is 392 g/mol. The first kappa shape index (κ1) is 22.5. The van der Waals surface area contributed by atoms with Crippen molar-refractivity contribution >= 4 is 27.7 Å². The predicted octanol–water partition coefficient (Wildman–Crippen LogP) is 3.11. The lowest BCUT2D eigenvalue weighted by Crippen LogP contribution is -2.40. The number of nitrogens with zero attached hydrogens (tertiary/aromatic N) is 1. The molecule has 0 radical (unpaired) electrons. The number of thioether (sulfide) groups is 1. The number of aryl methyl sites for hydroxylation is 2. The number of nitrogens with one attached hydrogen (secondary N) is 1. The summed E-state index contributed by atoms with van der Waals surface area (Å²) in [5, 5.41) is 2.81. The topological polar surface area (TPSA) is 66.5 Å². The molecule has 1 N–H and O–H groups in total. The third-order valence-corrected chi connectivity index (χ3v) is 6.45. The lowest BCUT2D eigenvalue weighted by Gasteiger charge is -2.19. The van der Waals surface area contributed by atoms with E-state index in [4.69, 9.17) is 0 Å². The normalized spacial score (nSPS) is 11.6. The van der Waals surface area contributed by atoms with Crippen molar-refractivity contribution < 1.29 is 13.2 Å². The zero-order chi connectivity index (χ0) is 20.6. The van der Waals surface area contributed by atoms with Gasteiger partial charge >= 0.3 is 0 Å². The van der Waals surface area contributed by atoms with Crippen molar-refractivity contribution in [2.45, 2.75) is 26.1 Å². The van der Waals surface area contributed by atoms with E-state index in [1.54, 1.807) is 11.8 Å². The van der Waals surface area contributed by atoms with Crippen LogP contribution in [0.2, 0.25) is 0 Å². The molecule has 2 aromatic carbocycles. The maximum atomic E-state index is 12.2. The Hall–Kier alpha value is -1.83. The van der Waals surface area contributed by atoms with Crippen molar-refractivity contribution in [3.8, 4) is 0 Å². The highest BCUT2D eigenvalue weighted by molar-refractivity contribution is 7.98. The lowest BCUT2D eigenvalue weighted by molar-refractivity contribution is -0.121. The van der Waals surface area contributed by atoms with E-state index in [1.165, 1.54) is 15.4 Å². The molecule has 0 aliphatic carbocycles. The molecule has 0 spiro atoms. The van der Waals surface area contributed by atoms with Crippen molar-refractivity contribution in [1.29, 1.82) is 0 Å². The van der Waals surface area contributed by atoms with Gasteiger partial charge in [0.1, 0.15) is 0 Å². The average molecular weight is 421 g/mol. The van der Waals surface area contributed by atoms with Crippen LogP contribution in [-0.2, 0) is 27.1 Å². The smallest absolute Gasteiger partial charge is 0.235 e. The molecule has 0 aliphatic rings. The fourth-order valence-corrected chi connectivity index (χ4v) is 4.09. The van der Waals surface area contributed by atoms with E-state index >= 15 is 0 Å². The van der Waals surface area contributed by atoms with Crippen LogP contribution in [0.1, 0.15) is 22.3 Å². The van der Waals surface area contributed by atoms with E-state index in [9.17, 15) is 13.2 Å². The van der Waals surface area contributed by atoms with Crippen LogP contribution in [0, 0.1) is 13.8 Å². The molecule has 0 aromatic heterocycles. The standard InChI is InChI=1S/C21H28N2O3S2/c1-17-4-8-19(9-5-17)14-23(28(3,25)26)15-21(24)22-12-13-27-16-20-10-6-18(2)7-11-20/h4-11H,12-16H2,1-3H3,(H,22,24). The van der Waals surface area contributed by atoms with Gasteiger partial charge in [-0.05, 0) is 25.0 Å². The zero-order valence-corrected chi connectivity index (χ0v) is 18.3. The summed E-state index contributed by atoms with van der Waals surface area (Å²) in [7, 11) is -3.48. The van der Waals surface area contributed by atoms with E-state index in [1.807, 2.05) is 31.2 Å². The minimum atomic E-state index is -3.48. The van der Waals surface area contributed by atoms with Gasteiger partial charge in [0.05, 0.1) is 12.8 Å². The molecule has 0 bridgehead atoms. The number of carbonyl (C=O) groups excluding carboxylic acids is 1. The largest absolute Gasteiger partial charge is 0.354 e. The SMILES string of the molecule is Cc1ccc(CSCCNC(=O)CN(Cc2ccc(C)cc2)S(C)(=O)=O)cc1. The number of amides is 1. The molecule has 0 unspecified atom stereocenters. The molecule has 152 valence electrons. The van der Waals surface area contributed by atoms with E-state index < -0.39 is 10.0 Å². The summed E-state index contributed by atoms with van der Waals surface area (Å²) in [6, 6.07) is 16.0. The van der Waals surface area contributed by atoms with Crippen LogP contribution >= 0.6 is 11.8 Å². The zero-order valence-electron chi connectivity index (χ0n) is 16.6. The molecule has 1 amide bonds. The molecule has 2 aromatic rings. The number of benzene rings is 2. The Labute approximate surface area is 172 Å². The van der Waals surface area contributed by atoms with Crippen LogP contribution < -0.4 is 5.32 Å². The highest BCUT2D eigenvalue weighted by Gasteiger charge is 2.20. The Bertz CT molecular complexity index is 864. The second kappa shape index (κ2) is 10.6. The fraction of sp³-hybridized carbons (Fsp3) is 0.381. The number of carbonyl (C=O) groups is 1. The fourth-order valence-electron chi connectivity index (χ4n) is 2.54. The van der Waals surface area contributed by atoms with Gasteiger partial charge < -0.3 is 5.32 Å². The summed E-state index contributed by atoms with van der Waals surface area (Å²) in [4.78, 5) is 12.2. The molecule has 0 heterocycles. The number of sulfonamides is 1. The summed E-state index contributed by atoms with van der Waals surface area (Å²) in [6.07, 6.45) is 1.13. The highest BCUT2D eigenvalue weighted by atomic mass is 32.2. The Morgan fingerprint density at radius 3 is 2.04 bits per heavy atom. The monoisotopic (exact) mass is 420 g/mol. The average Bonchev–Trinajstić information content (AvgIpc) is 2.63. The summed E-state index contributed by atoms with van der Waals surface area (Å²) in [5.41, 5.74) is 4.46. The minimum absolute atomic E-state index is 0.171. The molecule has 0 saturated heterocycles. The van der Waals surface area contributed by atoms with E-state index in [-0.39, 0.29) is 19.0 Å². The Morgan fingerprint density at radius 2 is 1.50 bits per heavy atom. The maximum Gasteiger partial charge on any atom is 0.235 e. The van der Waals surface area contributed by atoms with E-state index in [0.29, 0.717) is 6.54 Å². The van der Waals surface area contributed by atoms with Gasteiger partial charge in [-0.3, -0.25) is 4.79 Å². The molecule has 5 nitrogen and oxygen atoms in total. The molecule has 0 atom stereocenters. The third kappa shape index (κ3) is 8.04. The van der Waals surface area contributed by atoms with Crippen molar-refractivity contribution in [2.24, 2.45) is 0 Å². The molecular formula is C21H28N2O3S2. The van der Waals surface area contributed by atoms with Gasteiger partial charge in [-0.2, -0.15) is 16.1 Å². The van der Waals surface area contributed by atoms with Crippen molar-refractivity contribution in [2.75, 3.05) is 25.1 Å². The first-order valence-corrected chi connectivity index (χ1v) is 12.1. The lowest BCUT2D eigenvalue weighted by atomic mass is 10.1.